The number of nitrogens with zero attached hydrogens (tertiary/aromatic N) is 2. The van der Waals surface area contributed by atoms with Gasteiger partial charge in [0.05, 0.1) is 23.2 Å². The zero-order valence-electron chi connectivity index (χ0n) is 19.3. The van der Waals surface area contributed by atoms with Gasteiger partial charge in [-0.2, -0.15) is 0 Å². The molecule has 2 aromatic carbocycles. The molecule has 1 atom stereocenters. The van der Waals surface area contributed by atoms with E-state index in [-0.39, 0.29) is 11.8 Å². The van der Waals surface area contributed by atoms with Crippen molar-refractivity contribution in [3.63, 3.8) is 0 Å². The molecule has 1 aliphatic rings. The van der Waals surface area contributed by atoms with Gasteiger partial charge in [-0.1, -0.05) is 25.0 Å². The van der Waals surface area contributed by atoms with Crippen LogP contribution >= 0.6 is 0 Å². The van der Waals surface area contributed by atoms with E-state index in [1.54, 1.807) is 55.5 Å². The number of ether oxygens (including phenoxy) is 1. The Bertz CT molecular complexity index is 1080. The van der Waals surface area contributed by atoms with Gasteiger partial charge in [-0.15, -0.1) is 0 Å². The molecule has 33 heavy (non-hydrogen) atoms. The Labute approximate surface area is 195 Å². The van der Waals surface area contributed by atoms with E-state index < -0.39 is 16.1 Å². The van der Waals surface area contributed by atoms with Crippen molar-refractivity contribution in [3.05, 3.63) is 54.1 Å². The fourth-order valence-corrected chi connectivity index (χ4v) is 4.15. The molecule has 0 aliphatic carbocycles. The van der Waals surface area contributed by atoms with Crippen molar-refractivity contribution in [2.45, 2.75) is 38.7 Å². The maximum Gasteiger partial charge on any atom is 0.265 e. The Hall–Kier alpha value is -3.07. The molecule has 1 N–H and O–H groups in total. The van der Waals surface area contributed by atoms with E-state index in [1.807, 2.05) is 4.90 Å². The number of hydrogen-bond acceptors (Lipinski definition) is 5. The van der Waals surface area contributed by atoms with Gasteiger partial charge in [0, 0.05) is 20.1 Å². The third-order valence-corrected chi connectivity index (χ3v) is 6.89. The van der Waals surface area contributed by atoms with Gasteiger partial charge in [-0.3, -0.25) is 13.9 Å². The Morgan fingerprint density at radius 2 is 1.61 bits per heavy atom. The predicted octanol–water partition coefficient (Wildman–Crippen LogP) is 3.50. The Balaban J connectivity index is 1.66. The molecular weight excluding hydrogens is 442 g/mol. The van der Waals surface area contributed by atoms with Crippen molar-refractivity contribution in [3.8, 4) is 5.75 Å². The number of anilines is 2. The minimum Gasteiger partial charge on any atom is -0.481 e. The second-order valence-corrected chi connectivity index (χ2v) is 10.2. The SMILES string of the molecule is CC(Oc1ccc(N(C)S(C)(=O)=O)cc1)C(=O)Nc1ccccc1C(=O)N1CCCCCC1. The van der Waals surface area contributed by atoms with Crippen molar-refractivity contribution in [1.29, 1.82) is 0 Å². The van der Waals surface area contributed by atoms with Gasteiger partial charge < -0.3 is 15.0 Å². The molecule has 3 rings (SSSR count). The smallest absolute Gasteiger partial charge is 0.265 e. The number of nitrogens with one attached hydrogen (secondary N) is 1. The first-order valence-corrected chi connectivity index (χ1v) is 12.9. The largest absolute Gasteiger partial charge is 0.481 e. The summed E-state index contributed by atoms with van der Waals surface area (Å²) in [7, 11) is -1.90. The molecular formula is C24H31N3O5S. The normalized spacial score (nSPS) is 15.3. The van der Waals surface area contributed by atoms with E-state index in [4.69, 9.17) is 4.74 Å². The summed E-state index contributed by atoms with van der Waals surface area (Å²) < 4.78 is 30.2. The molecule has 1 saturated heterocycles. The van der Waals surface area contributed by atoms with Crippen molar-refractivity contribution >= 4 is 33.2 Å². The number of para-hydroxylation sites is 1. The second-order valence-electron chi connectivity index (χ2n) is 8.23. The van der Waals surface area contributed by atoms with E-state index in [2.05, 4.69) is 5.32 Å². The molecule has 1 heterocycles. The molecule has 1 aliphatic heterocycles. The number of benzene rings is 2. The van der Waals surface area contributed by atoms with Crippen molar-refractivity contribution in [1.82, 2.24) is 4.90 Å². The van der Waals surface area contributed by atoms with Gasteiger partial charge in [0.25, 0.3) is 11.8 Å². The fourth-order valence-electron chi connectivity index (χ4n) is 3.64. The molecule has 0 radical (unpaired) electrons. The summed E-state index contributed by atoms with van der Waals surface area (Å²) in [6.07, 6.45) is 4.53. The molecule has 8 nitrogen and oxygen atoms in total. The summed E-state index contributed by atoms with van der Waals surface area (Å²) in [6, 6.07) is 13.4. The topological polar surface area (TPSA) is 96.0 Å². The number of carbonyl (C=O) groups excluding carboxylic acids is 2. The van der Waals surface area contributed by atoms with Gasteiger partial charge in [0.15, 0.2) is 6.10 Å². The Morgan fingerprint density at radius 3 is 2.21 bits per heavy atom. The zero-order valence-corrected chi connectivity index (χ0v) is 20.1. The van der Waals surface area contributed by atoms with Gasteiger partial charge >= 0.3 is 0 Å². The van der Waals surface area contributed by atoms with Crippen LogP contribution in [0.15, 0.2) is 48.5 Å². The highest BCUT2D eigenvalue weighted by Crippen LogP contribution is 2.23. The van der Waals surface area contributed by atoms with Gasteiger partial charge in [0.2, 0.25) is 10.0 Å². The van der Waals surface area contributed by atoms with E-state index in [0.717, 1.165) is 49.3 Å². The average molecular weight is 474 g/mol. The molecule has 2 aromatic rings. The lowest BCUT2D eigenvalue weighted by Crippen LogP contribution is -2.34. The zero-order chi connectivity index (χ0) is 24.0. The molecule has 2 amide bonds. The number of rotatable bonds is 7. The molecule has 9 heteroatoms. The molecule has 178 valence electrons. The minimum atomic E-state index is -3.36. The first kappa shape index (κ1) is 24.6. The number of amides is 2. The van der Waals surface area contributed by atoms with E-state index in [1.165, 1.54) is 7.05 Å². The quantitative estimate of drug-likeness (QED) is 0.664. The van der Waals surface area contributed by atoms with Crippen LogP contribution in [-0.4, -0.2) is 57.6 Å². The summed E-state index contributed by atoms with van der Waals surface area (Å²) >= 11 is 0. The van der Waals surface area contributed by atoms with E-state index >= 15 is 0 Å². The predicted molar refractivity (Wildman–Crippen MR) is 129 cm³/mol. The molecule has 1 unspecified atom stereocenters. The van der Waals surface area contributed by atoms with Gasteiger partial charge in [0.1, 0.15) is 5.75 Å². The van der Waals surface area contributed by atoms with Crippen LogP contribution in [-0.2, 0) is 14.8 Å². The Kier molecular flexibility index (Phi) is 7.97. The number of carbonyl (C=O) groups is 2. The van der Waals surface area contributed by atoms with Gasteiger partial charge in [-0.25, -0.2) is 8.42 Å². The summed E-state index contributed by atoms with van der Waals surface area (Å²) in [4.78, 5) is 27.7. The molecule has 0 spiro atoms. The van der Waals surface area contributed by atoms with Crippen LogP contribution in [0.3, 0.4) is 0 Å². The van der Waals surface area contributed by atoms with Crippen molar-refractivity contribution in [2.75, 3.05) is 36.0 Å². The average Bonchev–Trinajstić information content (AvgIpc) is 3.08. The summed E-state index contributed by atoms with van der Waals surface area (Å²) in [6.45, 7) is 3.07. The highest BCUT2D eigenvalue weighted by Gasteiger charge is 2.22. The third kappa shape index (κ3) is 6.47. The Morgan fingerprint density at radius 1 is 1.00 bits per heavy atom. The van der Waals surface area contributed by atoms with Crippen molar-refractivity contribution < 1.29 is 22.7 Å². The van der Waals surface area contributed by atoms with Crippen LogP contribution in [0.5, 0.6) is 5.75 Å². The maximum absolute atomic E-state index is 13.1. The van der Waals surface area contributed by atoms with Gasteiger partial charge in [-0.05, 0) is 56.2 Å². The molecule has 0 saturated carbocycles. The highest BCUT2D eigenvalue weighted by atomic mass is 32.2. The number of likely N-dealkylation sites (tertiary alicyclic amines) is 1. The third-order valence-electron chi connectivity index (χ3n) is 5.69. The lowest BCUT2D eigenvalue weighted by Gasteiger charge is -2.22. The fraction of sp³-hybridized carbons (Fsp3) is 0.417. The van der Waals surface area contributed by atoms with Crippen LogP contribution in [0.4, 0.5) is 11.4 Å². The van der Waals surface area contributed by atoms with E-state index in [0.29, 0.717) is 22.7 Å². The van der Waals surface area contributed by atoms with Crippen LogP contribution in [0.1, 0.15) is 43.0 Å². The second kappa shape index (κ2) is 10.7. The molecule has 0 aromatic heterocycles. The highest BCUT2D eigenvalue weighted by molar-refractivity contribution is 7.92. The standard InChI is InChI=1S/C24H31N3O5S/c1-18(32-20-14-12-19(13-15-20)26(2)33(3,30)31)23(28)25-22-11-7-6-10-21(22)24(29)27-16-8-4-5-9-17-27/h6-7,10-15,18H,4-5,8-9,16-17H2,1-3H3,(H,25,28). The summed E-state index contributed by atoms with van der Waals surface area (Å²) in [5, 5.41) is 2.82. The summed E-state index contributed by atoms with van der Waals surface area (Å²) in [5.74, 6) is -0.0346. The van der Waals surface area contributed by atoms with E-state index in [9.17, 15) is 18.0 Å². The maximum atomic E-state index is 13.1. The molecule has 0 bridgehead atoms. The first-order chi connectivity index (χ1) is 15.7. The minimum absolute atomic E-state index is 0.0769. The first-order valence-electron chi connectivity index (χ1n) is 11.1. The van der Waals surface area contributed by atoms with Crippen LogP contribution < -0.4 is 14.4 Å². The monoisotopic (exact) mass is 473 g/mol. The number of sulfonamides is 1. The lowest BCUT2D eigenvalue weighted by molar-refractivity contribution is -0.122. The number of hydrogen-bond donors (Lipinski definition) is 1. The van der Waals surface area contributed by atoms with Crippen molar-refractivity contribution in [2.24, 2.45) is 0 Å². The molecule has 1 fully saturated rings. The summed E-state index contributed by atoms with van der Waals surface area (Å²) in [5.41, 5.74) is 1.41. The lowest BCUT2D eigenvalue weighted by atomic mass is 10.1. The van der Waals surface area contributed by atoms with Crippen LogP contribution in [0.2, 0.25) is 0 Å². The van der Waals surface area contributed by atoms with Crippen LogP contribution in [0, 0.1) is 0 Å². The van der Waals surface area contributed by atoms with Crippen LogP contribution in [0.25, 0.3) is 0 Å².